The molecule has 1 aromatic heterocycles. The number of benzene rings is 4. The van der Waals surface area contributed by atoms with Crippen molar-refractivity contribution in [2.75, 3.05) is 0 Å². The third-order valence-electron chi connectivity index (χ3n) is 5.10. The molecular formula is C25H15F4N2P. The molecular weight excluding hydrogens is 435 g/mol. The Kier molecular flexibility index (Phi) is 5.24. The van der Waals surface area contributed by atoms with E-state index in [-0.39, 0.29) is 0 Å². The van der Waals surface area contributed by atoms with E-state index in [0.29, 0.717) is 22.7 Å². The highest BCUT2D eigenvalue weighted by atomic mass is 31.1. The fraction of sp³-hybridized carbons (Fsp3) is 0. The molecule has 5 rings (SSSR count). The summed E-state index contributed by atoms with van der Waals surface area (Å²) in [5.41, 5.74) is 0.991. The molecule has 0 aliphatic heterocycles. The van der Waals surface area contributed by atoms with Gasteiger partial charge in [0.05, 0.1) is 16.7 Å². The number of halogens is 4. The molecule has 32 heavy (non-hydrogen) atoms. The van der Waals surface area contributed by atoms with Crippen LogP contribution in [0.5, 0.6) is 0 Å². The zero-order chi connectivity index (χ0) is 22.2. The summed E-state index contributed by atoms with van der Waals surface area (Å²) in [6.45, 7) is 0. The highest BCUT2D eigenvalue weighted by molar-refractivity contribution is 7.79. The molecule has 0 aliphatic rings. The molecule has 0 amide bonds. The van der Waals surface area contributed by atoms with Gasteiger partial charge in [-0.2, -0.15) is 0 Å². The highest BCUT2D eigenvalue weighted by Gasteiger charge is 2.28. The number of aromatic nitrogens is 2. The molecule has 0 saturated heterocycles. The summed E-state index contributed by atoms with van der Waals surface area (Å²) in [6, 6.07) is 26.7. The van der Waals surface area contributed by atoms with Crippen LogP contribution in [-0.4, -0.2) is 9.55 Å². The lowest BCUT2D eigenvalue weighted by Crippen LogP contribution is -2.28. The molecule has 0 atom stereocenters. The SMILES string of the molecule is Fc1cc(-n2c(P(c3ccccc3)c3ccccc3)nc3ccccc32)c(F)c(F)c1F. The summed E-state index contributed by atoms with van der Waals surface area (Å²) in [6.07, 6.45) is 0. The smallest absolute Gasteiger partial charge is 0.199 e. The first-order valence-electron chi connectivity index (χ1n) is 9.77. The van der Waals surface area contributed by atoms with Crippen LogP contribution in [0.1, 0.15) is 0 Å². The average Bonchev–Trinajstić information content (AvgIpc) is 3.20. The number of para-hydroxylation sites is 2. The van der Waals surface area contributed by atoms with Crippen LogP contribution in [0, 0.1) is 23.3 Å². The Hall–Kier alpha value is -3.50. The highest BCUT2D eigenvalue weighted by Crippen LogP contribution is 2.36. The van der Waals surface area contributed by atoms with E-state index in [9.17, 15) is 17.6 Å². The minimum atomic E-state index is -1.85. The maximum atomic E-state index is 15.0. The number of rotatable bonds is 4. The van der Waals surface area contributed by atoms with Gasteiger partial charge in [-0.05, 0) is 22.7 Å². The second-order valence-electron chi connectivity index (χ2n) is 7.06. The molecule has 7 heteroatoms. The molecule has 0 aliphatic carbocycles. The molecule has 0 spiro atoms. The monoisotopic (exact) mass is 450 g/mol. The van der Waals surface area contributed by atoms with Gasteiger partial charge in [0, 0.05) is 14.0 Å². The molecule has 158 valence electrons. The van der Waals surface area contributed by atoms with Crippen molar-refractivity contribution in [3.8, 4) is 5.69 Å². The van der Waals surface area contributed by atoms with Crippen molar-refractivity contribution in [3.05, 3.63) is 114 Å². The van der Waals surface area contributed by atoms with E-state index < -0.39 is 36.9 Å². The van der Waals surface area contributed by atoms with E-state index >= 15 is 0 Å². The standard InChI is InChI=1S/C25H15F4N2P/c26-18-15-21(23(28)24(29)22(18)27)31-20-14-8-7-13-19(20)30-25(31)32(16-9-3-1-4-10-16)17-11-5-2-6-12-17/h1-15H. The van der Waals surface area contributed by atoms with Gasteiger partial charge in [-0.25, -0.2) is 22.5 Å². The van der Waals surface area contributed by atoms with Gasteiger partial charge in [-0.15, -0.1) is 0 Å². The van der Waals surface area contributed by atoms with E-state index in [1.54, 1.807) is 24.3 Å². The zero-order valence-electron chi connectivity index (χ0n) is 16.5. The van der Waals surface area contributed by atoms with Crippen LogP contribution in [0.3, 0.4) is 0 Å². The molecule has 0 saturated carbocycles. The van der Waals surface area contributed by atoms with Crippen LogP contribution in [0.15, 0.2) is 91.0 Å². The Morgan fingerprint density at radius 3 is 1.81 bits per heavy atom. The fourth-order valence-electron chi connectivity index (χ4n) is 3.66. The number of imidazole rings is 1. The lowest BCUT2D eigenvalue weighted by atomic mass is 10.2. The molecule has 0 fully saturated rings. The Labute approximate surface area is 182 Å². The third kappa shape index (κ3) is 3.37. The van der Waals surface area contributed by atoms with Crippen molar-refractivity contribution < 1.29 is 17.6 Å². The van der Waals surface area contributed by atoms with Crippen molar-refractivity contribution in [2.24, 2.45) is 0 Å². The molecule has 5 aromatic rings. The maximum absolute atomic E-state index is 15.0. The minimum absolute atomic E-state index is 0.419. The predicted octanol–water partition coefficient (Wildman–Crippen LogP) is 5.34. The first-order valence-corrected chi connectivity index (χ1v) is 11.1. The van der Waals surface area contributed by atoms with Gasteiger partial charge in [0.2, 0.25) is 0 Å². The molecule has 0 N–H and O–H groups in total. The quantitative estimate of drug-likeness (QED) is 0.156. The summed E-state index contributed by atoms with van der Waals surface area (Å²) in [7, 11) is -1.33. The first-order chi connectivity index (χ1) is 15.6. The summed E-state index contributed by atoms with van der Waals surface area (Å²) < 4.78 is 58.4. The van der Waals surface area contributed by atoms with E-state index in [1.807, 2.05) is 60.7 Å². The van der Waals surface area contributed by atoms with Crippen molar-refractivity contribution in [1.82, 2.24) is 9.55 Å². The maximum Gasteiger partial charge on any atom is 0.199 e. The molecule has 2 nitrogen and oxygen atoms in total. The number of nitrogens with zero attached hydrogens (tertiary/aromatic N) is 2. The van der Waals surface area contributed by atoms with E-state index in [1.165, 1.54) is 4.57 Å². The predicted molar refractivity (Wildman–Crippen MR) is 120 cm³/mol. The van der Waals surface area contributed by atoms with Gasteiger partial charge in [-0.3, -0.25) is 4.57 Å². The average molecular weight is 450 g/mol. The zero-order valence-corrected chi connectivity index (χ0v) is 17.4. The lowest BCUT2D eigenvalue weighted by Gasteiger charge is -2.20. The van der Waals surface area contributed by atoms with Gasteiger partial charge >= 0.3 is 0 Å². The van der Waals surface area contributed by atoms with Crippen molar-refractivity contribution in [2.45, 2.75) is 0 Å². The molecule has 0 unspecified atom stereocenters. The topological polar surface area (TPSA) is 17.8 Å². The third-order valence-corrected chi connectivity index (χ3v) is 7.43. The molecule has 0 radical (unpaired) electrons. The first kappa shape index (κ1) is 20.4. The molecule has 1 heterocycles. The largest absolute Gasteiger partial charge is 0.289 e. The summed E-state index contributed by atoms with van der Waals surface area (Å²) in [5.74, 6) is -6.63. The van der Waals surface area contributed by atoms with Crippen LogP contribution in [0.25, 0.3) is 16.7 Å². The second kappa shape index (κ2) is 8.21. The van der Waals surface area contributed by atoms with Crippen molar-refractivity contribution in [1.29, 1.82) is 0 Å². The Bertz CT molecular complexity index is 1380. The normalized spacial score (nSPS) is 11.4. The number of fused-ring (bicyclic) bond motifs is 1. The summed E-state index contributed by atoms with van der Waals surface area (Å²) in [5, 5.41) is 1.85. The van der Waals surface area contributed by atoms with E-state index in [4.69, 9.17) is 4.98 Å². The van der Waals surface area contributed by atoms with Crippen LogP contribution in [0.2, 0.25) is 0 Å². The molecule has 4 aromatic carbocycles. The Morgan fingerprint density at radius 2 is 1.19 bits per heavy atom. The number of hydrogen-bond donors (Lipinski definition) is 0. The van der Waals surface area contributed by atoms with Crippen LogP contribution in [-0.2, 0) is 0 Å². The summed E-state index contributed by atoms with van der Waals surface area (Å²) in [4.78, 5) is 4.75. The Balaban J connectivity index is 1.88. The van der Waals surface area contributed by atoms with Crippen molar-refractivity contribution in [3.63, 3.8) is 0 Å². The van der Waals surface area contributed by atoms with E-state index in [2.05, 4.69) is 0 Å². The van der Waals surface area contributed by atoms with Gasteiger partial charge in [0.15, 0.2) is 23.3 Å². The van der Waals surface area contributed by atoms with Crippen LogP contribution >= 0.6 is 7.92 Å². The number of hydrogen-bond acceptors (Lipinski definition) is 1. The summed E-state index contributed by atoms with van der Waals surface area (Å²) >= 11 is 0. The van der Waals surface area contributed by atoms with Gasteiger partial charge in [0.1, 0.15) is 5.57 Å². The van der Waals surface area contributed by atoms with Crippen molar-refractivity contribution >= 4 is 35.1 Å². The van der Waals surface area contributed by atoms with Crippen LogP contribution in [0.4, 0.5) is 17.6 Å². The lowest BCUT2D eigenvalue weighted by molar-refractivity contribution is 0.407. The van der Waals surface area contributed by atoms with Gasteiger partial charge in [0.25, 0.3) is 0 Å². The van der Waals surface area contributed by atoms with E-state index in [0.717, 1.165) is 10.6 Å². The minimum Gasteiger partial charge on any atom is -0.289 e. The van der Waals surface area contributed by atoms with Gasteiger partial charge in [-0.1, -0.05) is 72.8 Å². The van der Waals surface area contributed by atoms with Gasteiger partial charge < -0.3 is 0 Å². The van der Waals surface area contributed by atoms with Crippen LogP contribution < -0.4 is 16.2 Å². The molecule has 0 bridgehead atoms. The second-order valence-corrected chi connectivity index (χ2v) is 9.17. The fourth-order valence-corrected chi connectivity index (χ4v) is 5.98. The Morgan fingerprint density at radius 1 is 0.625 bits per heavy atom.